The summed E-state index contributed by atoms with van der Waals surface area (Å²) in [6.45, 7) is 2.13. The summed E-state index contributed by atoms with van der Waals surface area (Å²) in [4.78, 5) is 14.4. The molecule has 2 aromatic rings. The van der Waals surface area contributed by atoms with Crippen molar-refractivity contribution in [2.45, 2.75) is 25.8 Å². The van der Waals surface area contributed by atoms with Gasteiger partial charge in [0.05, 0.1) is 6.04 Å². The van der Waals surface area contributed by atoms with E-state index in [9.17, 15) is 4.79 Å². The molecule has 0 saturated carbocycles. The van der Waals surface area contributed by atoms with Gasteiger partial charge in [0.15, 0.2) is 0 Å². The molecule has 5 nitrogen and oxygen atoms in total. The zero-order valence-corrected chi connectivity index (χ0v) is 15.1. The van der Waals surface area contributed by atoms with Crippen molar-refractivity contribution in [3.63, 3.8) is 0 Å². The SMILES string of the molecule is Cc1cc(NC(=O)NC(CCCO)c2ccccc2)ccc1N(C)C. The third kappa shape index (κ3) is 5.50. The van der Waals surface area contributed by atoms with Crippen molar-refractivity contribution in [2.24, 2.45) is 0 Å². The molecule has 2 amide bonds. The number of rotatable bonds is 7. The molecule has 1 atom stereocenters. The van der Waals surface area contributed by atoms with E-state index in [1.165, 1.54) is 0 Å². The van der Waals surface area contributed by atoms with Gasteiger partial charge in [-0.2, -0.15) is 0 Å². The first-order valence-electron chi connectivity index (χ1n) is 8.52. The molecule has 25 heavy (non-hydrogen) atoms. The second-order valence-corrected chi connectivity index (χ2v) is 6.32. The molecule has 1 unspecified atom stereocenters. The van der Waals surface area contributed by atoms with Gasteiger partial charge in [0.25, 0.3) is 0 Å². The van der Waals surface area contributed by atoms with Gasteiger partial charge in [0.1, 0.15) is 0 Å². The van der Waals surface area contributed by atoms with E-state index in [0.29, 0.717) is 12.8 Å². The Hall–Kier alpha value is -2.53. The van der Waals surface area contributed by atoms with Crippen molar-refractivity contribution >= 4 is 17.4 Å². The minimum absolute atomic E-state index is 0.109. The van der Waals surface area contributed by atoms with E-state index >= 15 is 0 Å². The van der Waals surface area contributed by atoms with Crippen LogP contribution in [-0.4, -0.2) is 31.8 Å². The Morgan fingerprint density at radius 3 is 2.48 bits per heavy atom. The fourth-order valence-corrected chi connectivity index (χ4v) is 2.86. The number of hydrogen-bond acceptors (Lipinski definition) is 3. The Balaban J connectivity index is 2.04. The molecular formula is C20H27N3O2. The average Bonchev–Trinajstić information content (AvgIpc) is 2.59. The fraction of sp³-hybridized carbons (Fsp3) is 0.350. The quantitative estimate of drug-likeness (QED) is 0.719. The largest absolute Gasteiger partial charge is 0.396 e. The molecule has 0 spiro atoms. The molecule has 0 bridgehead atoms. The molecule has 134 valence electrons. The molecule has 0 aliphatic carbocycles. The van der Waals surface area contributed by atoms with Gasteiger partial charge in [-0.3, -0.25) is 0 Å². The summed E-state index contributed by atoms with van der Waals surface area (Å²) < 4.78 is 0. The van der Waals surface area contributed by atoms with Gasteiger partial charge in [0, 0.05) is 32.1 Å². The van der Waals surface area contributed by atoms with Gasteiger partial charge in [-0.1, -0.05) is 30.3 Å². The van der Waals surface area contributed by atoms with Crippen LogP contribution in [0.15, 0.2) is 48.5 Å². The molecule has 2 rings (SSSR count). The van der Waals surface area contributed by atoms with Crippen molar-refractivity contribution in [1.29, 1.82) is 0 Å². The Morgan fingerprint density at radius 1 is 1.16 bits per heavy atom. The first-order valence-corrected chi connectivity index (χ1v) is 8.52. The van der Waals surface area contributed by atoms with Crippen LogP contribution < -0.4 is 15.5 Å². The number of nitrogens with one attached hydrogen (secondary N) is 2. The van der Waals surface area contributed by atoms with Crippen molar-refractivity contribution in [1.82, 2.24) is 5.32 Å². The molecular weight excluding hydrogens is 314 g/mol. The van der Waals surface area contributed by atoms with Gasteiger partial charge in [-0.05, 0) is 49.1 Å². The smallest absolute Gasteiger partial charge is 0.319 e. The Bertz CT molecular complexity index is 687. The molecule has 0 aromatic heterocycles. The highest BCUT2D eigenvalue weighted by molar-refractivity contribution is 5.90. The maximum absolute atomic E-state index is 12.4. The zero-order chi connectivity index (χ0) is 18.2. The minimum atomic E-state index is -0.246. The second kappa shape index (κ2) is 9.08. The molecule has 0 saturated heterocycles. The lowest BCUT2D eigenvalue weighted by Gasteiger charge is -2.20. The van der Waals surface area contributed by atoms with Crippen molar-refractivity contribution in [3.8, 4) is 0 Å². The molecule has 2 aromatic carbocycles. The van der Waals surface area contributed by atoms with Crippen LogP contribution in [0.4, 0.5) is 16.2 Å². The van der Waals surface area contributed by atoms with E-state index in [1.807, 2.05) is 74.4 Å². The highest BCUT2D eigenvalue weighted by Gasteiger charge is 2.14. The van der Waals surface area contributed by atoms with Crippen LogP contribution in [0.5, 0.6) is 0 Å². The monoisotopic (exact) mass is 341 g/mol. The van der Waals surface area contributed by atoms with Crippen LogP contribution in [0.25, 0.3) is 0 Å². The third-order valence-corrected chi connectivity index (χ3v) is 4.09. The van der Waals surface area contributed by atoms with Crippen molar-refractivity contribution in [3.05, 3.63) is 59.7 Å². The van der Waals surface area contributed by atoms with Crippen LogP contribution in [0.2, 0.25) is 0 Å². The average molecular weight is 341 g/mol. The number of hydrogen-bond donors (Lipinski definition) is 3. The molecule has 0 aliphatic rings. The predicted molar refractivity (Wildman–Crippen MR) is 103 cm³/mol. The third-order valence-electron chi connectivity index (χ3n) is 4.09. The summed E-state index contributed by atoms with van der Waals surface area (Å²) in [5.74, 6) is 0. The van der Waals surface area contributed by atoms with E-state index in [2.05, 4.69) is 10.6 Å². The maximum Gasteiger partial charge on any atom is 0.319 e. The normalized spacial score (nSPS) is 11.7. The first-order chi connectivity index (χ1) is 12.0. The summed E-state index contributed by atoms with van der Waals surface area (Å²) in [5.41, 5.74) is 4.01. The minimum Gasteiger partial charge on any atom is -0.396 e. The number of anilines is 2. The molecule has 0 aliphatic heterocycles. The number of amides is 2. The Morgan fingerprint density at radius 2 is 1.88 bits per heavy atom. The molecule has 0 heterocycles. The lowest BCUT2D eigenvalue weighted by atomic mass is 10.0. The van der Waals surface area contributed by atoms with Crippen LogP contribution in [0, 0.1) is 6.92 Å². The fourth-order valence-electron chi connectivity index (χ4n) is 2.86. The van der Waals surface area contributed by atoms with Crippen molar-refractivity contribution < 1.29 is 9.90 Å². The second-order valence-electron chi connectivity index (χ2n) is 6.32. The number of aliphatic hydroxyl groups is 1. The summed E-state index contributed by atoms with van der Waals surface area (Å²) in [7, 11) is 3.99. The summed E-state index contributed by atoms with van der Waals surface area (Å²) in [5, 5.41) is 15.0. The van der Waals surface area contributed by atoms with Crippen molar-refractivity contribution in [2.75, 3.05) is 30.9 Å². The van der Waals surface area contributed by atoms with E-state index in [1.54, 1.807) is 0 Å². The highest BCUT2D eigenvalue weighted by Crippen LogP contribution is 2.22. The number of urea groups is 1. The van der Waals surface area contributed by atoms with Gasteiger partial charge < -0.3 is 20.6 Å². The zero-order valence-electron chi connectivity index (χ0n) is 15.1. The van der Waals surface area contributed by atoms with E-state index in [4.69, 9.17) is 5.11 Å². The topological polar surface area (TPSA) is 64.6 Å². The summed E-state index contributed by atoms with van der Waals surface area (Å²) in [6.07, 6.45) is 1.32. The van der Waals surface area contributed by atoms with E-state index < -0.39 is 0 Å². The van der Waals surface area contributed by atoms with E-state index in [0.717, 1.165) is 22.5 Å². The van der Waals surface area contributed by atoms with Gasteiger partial charge in [0.2, 0.25) is 0 Å². The number of aliphatic hydroxyl groups excluding tert-OH is 1. The summed E-state index contributed by atoms with van der Waals surface area (Å²) >= 11 is 0. The van der Waals surface area contributed by atoms with Crippen LogP contribution in [0.1, 0.15) is 30.0 Å². The van der Waals surface area contributed by atoms with Gasteiger partial charge >= 0.3 is 6.03 Å². The predicted octanol–water partition coefficient (Wildman–Crippen LogP) is 3.70. The molecule has 5 heteroatoms. The van der Waals surface area contributed by atoms with Crippen LogP contribution in [0.3, 0.4) is 0 Å². The van der Waals surface area contributed by atoms with Crippen LogP contribution >= 0.6 is 0 Å². The number of nitrogens with zero attached hydrogens (tertiary/aromatic N) is 1. The van der Waals surface area contributed by atoms with Gasteiger partial charge in [-0.25, -0.2) is 4.79 Å². The maximum atomic E-state index is 12.4. The molecule has 3 N–H and O–H groups in total. The standard InChI is InChI=1S/C20H27N3O2/c1-15-14-17(11-12-19(15)23(2)3)21-20(25)22-18(10-7-13-24)16-8-5-4-6-9-16/h4-6,8-9,11-12,14,18,24H,7,10,13H2,1-3H3,(H2,21,22,25). The number of carbonyl (C=O) groups excluding carboxylic acids is 1. The number of benzene rings is 2. The lowest BCUT2D eigenvalue weighted by molar-refractivity contribution is 0.244. The Kier molecular flexibility index (Phi) is 6.83. The number of aryl methyl sites for hydroxylation is 1. The highest BCUT2D eigenvalue weighted by atomic mass is 16.3. The number of carbonyl (C=O) groups is 1. The lowest BCUT2D eigenvalue weighted by Crippen LogP contribution is -2.32. The van der Waals surface area contributed by atoms with Crippen LogP contribution in [-0.2, 0) is 0 Å². The summed E-state index contributed by atoms with van der Waals surface area (Å²) in [6, 6.07) is 15.3. The molecule has 0 radical (unpaired) electrons. The Labute approximate surface area is 149 Å². The molecule has 0 fully saturated rings. The van der Waals surface area contributed by atoms with E-state index in [-0.39, 0.29) is 18.7 Å². The van der Waals surface area contributed by atoms with Gasteiger partial charge in [-0.15, -0.1) is 0 Å². The first kappa shape index (κ1) is 18.8.